The van der Waals surface area contributed by atoms with Crippen LogP contribution in [-0.4, -0.2) is 49.5 Å². The van der Waals surface area contributed by atoms with Crippen molar-refractivity contribution in [3.05, 3.63) is 96.1 Å². The number of nitrogens with zero attached hydrogens (tertiary/aromatic N) is 2. The van der Waals surface area contributed by atoms with E-state index in [4.69, 9.17) is 9.47 Å². The lowest BCUT2D eigenvalue weighted by Gasteiger charge is -2.52. The first-order valence-corrected chi connectivity index (χ1v) is 13.0. The number of carbonyl (C=O) groups excluding carboxylic acids is 1. The number of para-hydroxylation sites is 2. The lowest BCUT2D eigenvalue weighted by molar-refractivity contribution is -0.946. The molecule has 6 rings (SSSR count). The van der Waals surface area contributed by atoms with Crippen LogP contribution in [0.2, 0.25) is 0 Å². The summed E-state index contributed by atoms with van der Waals surface area (Å²) in [6.07, 6.45) is 2.16. The maximum absolute atomic E-state index is 14.7. The highest BCUT2D eigenvalue weighted by molar-refractivity contribution is 5.87. The fourth-order valence-electron chi connectivity index (χ4n) is 5.66. The number of benzene rings is 3. The van der Waals surface area contributed by atoms with Gasteiger partial charge in [0.05, 0.1) is 38.5 Å². The molecule has 2 bridgehead atoms. The number of piperidine rings is 3. The van der Waals surface area contributed by atoms with Crippen LogP contribution in [0.3, 0.4) is 0 Å². The van der Waals surface area contributed by atoms with Crippen LogP contribution in [0.4, 0.5) is 19.3 Å². The van der Waals surface area contributed by atoms with Crippen LogP contribution < -0.4 is 9.64 Å². The molecular formula is C30H33F2N2O3+. The third-order valence-electron chi connectivity index (χ3n) is 7.70. The van der Waals surface area contributed by atoms with Gasteiger partial charge in [0.15, 0.2) is 6.10 Å². The Kier molecular flexibility index (Phi) is 7.70. The number of hydrogen-bond acceptors (Lipinski definition) is 3. The molecule has 0 N–H and O–H groups in total. The molecule has 194 valence electrons. The zero-order valence-corrected chi connectivity index (χ0v) is 20.9. The van der Waals surface area contributed by atoms with Crippen molar-refractivity contribution in [2.75, 3.05) is 37.7 Å². The molecule has 3 aliphatic heterocycles. The molecule has 5 nitrogen and oxygen atoms in total. The van der Waals surface area contributed by atoms with Crippen molar-refractivity contribution in [1.29, 1.82) is 0 Å². The number of amides is 1. The summed E-state index contributed by atoms with van der Waals surface area (Å²) in [6, 6.07) is 21.9. The van der Waals surface area contributed by atoms with Crippen LogP contribution >= 0.6 is 0 Å². The molecule has 3 fully saturated rings. The van der Waals surface area contributed by atoms with Crippen LogP contribution in [-0.2, 0) is 11.3 Å². The Bertz CT molecular complexity index is 1180. The Morgan fingerprint density at radius 2 is 1.62 bits per heavy atom. The first-order chi connectivity index (χ1) is 18.0. The maximum atomic E-state index is 14.7. The zero-order chi connectivity index (χ0) is 25.7. The first kappa shape index (κ1) is 25.2. The van der Waals surface area contributed by atoms with E-state index in [2.05, 4.69) is 0 Å². The molecule has 3 aliphatic rings. The fourth-order valence-corrected chi connectivity index (χ4v) is 5.66. The number of anilines is 1. The van der Waals surface area contributed by atoms with E-state index in [1.54, 1.807) is 30.3 Å². The van der Waals surface area contributed by atoms with Crippen LogP contribution in [0, 0.1) is 17.6 Å². The van der Waals surface area contributed by atoms with Gasteiger partial charge in [0.25, 0.3) is 0 Å². The minimum absolute atomic E-state index is 0.0915. The Balaban J connectivity index is 1.24. The number of hydrogen-bond donors (Lipinski definition) is 0. The lowest BCUT2D eigenvalue weighted by Crippen LogP contribution is -2.65. The summed E-state index contributed by atoms with van der Waals surface area (Å²) >= 11 is 0. The second-order valence-electron chi connectivity index (χ2n) is 10.1. The average Bonchev–Trinajstić information content (AvgIpc) is 2.92. The third-order valence-corrected chi connectivity index (χ3v) is 7.70. The van der Waals surface area contributed by atoms with Gasteiger partial charge < -0.3 is 14.0 Å². The van der Waals surface area contributed by atoms with Gasteiger partial charge in [-0.05, 0) is 42.0 Å². The van der Waals surface area contributed by atoms with E-state index >= 15 is 0 Å². The van der Waals surface area contributed by atoms with Crippen LogP contribution in [0.5, 0.6) is 5.75 Å². The molecule has 37 heavy (non-hydrogen) atoms. The van der Waals surface area contributed by atoms with Crippen molar-refractivity contribution in [1.82, 2.24) is 0 Å². The van der Waals surface area contributed by atoms with E-state index in [9.17, 15) is 13.6 Å². The van der Waals surface area contributed by atoms with E-state index in [1.807, 2.05) is 30.3 Å². The SMILES string of the molecule is O=C(OC1C[N+]2(CCCOc3ccccc3)CCC1CC2)N(Cc1ccc(F)cc1)c1ccccc1F. The number of rotatable bonds is 9. The molecule has 0 aliphatic carbocycles. The van der Waals surface area contributed by atoms with Crippen LogP contribution in [0.15, 0.2) is 78.9 Å². The zero-order valence-electron chi connectivity index (χ0n) is 20.9. The molecule has 1 atom stereocenters. The highest BCUT2D eigenvalue weighted by Gasteiger charge is 2.47. The normalized spacial score (nSPS) is 22.4. The van der Waals surface area contributed by atoms with Gasteiger partial charge in [0, 0.05) is 25.2 Å². The molecule has 3 aromatic carbocycles. The van der Waals surface area contributed by atoms with Gasteiger partial charge in [0.1, 0.15) is 23.9 Å². The average molecular weight is 508 g/mol. The second-order valence-corrected chi connectivity index (χ2v) is 10.1. The van der Waals surface area contributed by atoms with Crippen molar-refractivity contribution in [2.24, 2.45) is 5.92 Å². The highest BCUT2D eigenvalue weighted by Crippen LogP contribution is 2.36. The van der Waals surface area contributed by atoms with Gasteiger partial charge in [-0.1, -0.05) is 42.5 Å². The summed E-state index contributed by atoms with van der Waals surface area (Å²) in [4.78, 5) is 14.8. The molecule has 0 saturated carbocycles. The lowest BCUT2D eigenvalue weighted by atomic mass is 9.83. The maximum Gasteiger partial charge on any atom is 0.415 e. The van der Waals surface area contributed by atoms with E-state index in [-0.39, 0.29) is 24.2 Å². The van der Waals surface area contributed by atoms with Gasteiger partial charge in [-0.25, -0.2) is 13.6 Å². The van der Waals surface area contributed by atoms with Crippen molar-refractivity contribution in [2.45, 2.75) is 31.9 Å². The first-order valence-electron chi connectivity index (χ1n) is 13.0. The number of carbonyl (C=O) groups is 1. The monoisotopic (exact) mass is 507 g/mol. The predicted molar refractivity (Wildman–Crippen MR) is 138 cm³/mol. The molecule has 3 saturated heterocycles. The summed E-state index contributed by atoms with van der Waals surface area (Å²) in [5, 5.41) is 0. The number of quaternary nitrogens is 1. The number of fused-ring (bicyclic) bond motifs is 3. The quantitative estimate of drug-likeness (QED) is 0.256. The second kappa shape index (κ2) is 11.3. The van der Waals surface area contributed by atoms with E-state index in [0.29, 0.717) is 18.1 Å². The molecule has 1 amide bonds. The van der Waals surface area contributed by atoms with Crippen LogP contribution in [0.1, 0.15) is 24.8 Å². The van der Waals surface area contributed by atoms with E-state index in [1.165, 1.54) is 23.1 Å². The van der Waals surface area contributed by atoms with Crippen molar-refractivity contribution >= 4 is 11.8 Å². The van der Waals surface area contributed by atoms with E-state index < -0.39 is 11.9 Å². The van der Waals surface area contributed by atoms with Crippen molar-refractivity contribution in [3.8, 4) is 5.75 Å². The molecule has 1 unspecified atom stereocenters. The summed E-state index contributed by atoms with van der Waals surface area (Å²) in [7, 11) is 0. The summed E-state index contributed by atoms with van der Waals surface area (Å²) in [6.45, 7) is 4.64. The molecule has 3 aromatic rings. The minimum Gasteiger partial charge on any atom is -0.493 e. The summed E-state index contributed by atoms with van der Waals surface area (Å²) < 4.78 is 41.1. The molecule has 0 aromatic heterocycles. The Hall–Kier alpha value is -3.45. The predicted octanol–water partition coefficient (Wildman–Crippen LogP) is 6.19. The summed E-state index contributed by atoms with van der Waals surface area (Å²) in [5.41, 5.74) is 0.845. The molecule has 7 heteroatoms. The van der Waals surface area contributed by atoms with Gasteiger partial charge >= 0.3 is 6.09 Å². The highest BCUT2D eigenvalue weighted by atomic mass is 19.1. The topological polar surface area (TPSA) is 38.8 Å². The Morgan fingerprint density at radius 1 is 0.919 bits per heavy atom. The number of ether oxygens (including phenoxy) is 2. The van der Waals surface area contributed by atoms with Crippen LogP contribution in [0.25, 0.3) is 0 Å². The number of halogens is 2. The van der Waals surface area contributed by atoms with Gasteiger partial charge in [-0.15, -0.1) is 0 Å². The molecule has 0 spiro atoms. The standard InChI is InChI=1S/C30H33F2N2O3/c31-25-13-11-23(12-14-25)21-33(28-10-5-4-9-27(28)32)30(35)37-29-22-34(18-15-24(29)16-19-34)17-6-20-36-26-7-2-1-3-8-26/h1-5,7-14,24,29H,6,15-22H2/q+1. The molecular weight excluding hydrogens is 474 g/mol. The molecule has 3 heterocycles. The fraction of sp³-hybridized carbons (Fsp3) is 0.367. The largest absolute Gasteiger partial charge is 0.493 e. The van der Waals surface area contributed by atoms with E-state index in [0.717, 1.165) is 55.7 Å². The van der Waals surface area contributed by atoms with Gasteiger partial charge in [-0.2, -0.15) is 0 Å². The third kappa shape index (κ3) is 6.10. The minimum atomic E-state index is -0.571. The van der Waals surface area contributed by atoms with Gasteiger partial charge in [0.2, 0.25) is 0 Å². The van der Waals surface area contributed by atoms with Crippen molar-refractivity contribution in [3.63, 3.8) is 0 Å². The summed E-state index contributed by atoms with van der Waals surface area (Å²) in [5.74, 6) is 0.329. The smallest absolute Gasteiger partial charge is 0.415 e. The molecule has 0 radical (unpaired) electrons. The Labute approximate surface area is 216 Å². The van der Waals surface area contributed by atoms with Gasteiger partial charge in [-0.3, -0.25) is 4.90 Å². The van der Waals surface area contributed by atoms with Crippen molar-refractivity contribution < 1.29 is 27.5 Å². The Morgan fingerprint density at radius 3 is 2.35 bits per heavy atom.